The molecule has 0 saturated heterocycles. The van der Waals surface area contributed by atoms with Gasteiger partial charge in [-0.05, 0) is 11.3 Å². The fraction of sp³-hybridized carbons (Fsp3) is 0.250. The predicted octanol–water partition coefficient (Wildman–Crippen LogP) is 1.05. The minimum absolute atomic E-state index is 0.625. The van der Waals surface area contributed by atoms with E-state index in [1.165, 1.54) is 5.19 Å². The summed E-state index contributed by atoms with van der Waals surface area (Å²) in [6.45, 7) is 0. The Labute approximate surface area is 85.7 Å². The highest BCUT2D eigenvalue weighted by Gasteiger charge is 2.08. The molecule has 0 saturated carbocycles. The molecule has 0 fully saturated rings. The van der Waals surface area contributed by atoms with Gasteiger partial charge >= 0.3 is 0 Å². The third-order valence-electron chi connectivity index (χ3n) is 1.72. The normalized spacial score (nSPS) is 10.3. The highest BCUT2D eigenvalue weighted by molar-refractivity contribution is 6.47. The summed E-state index contributed by atoms with van der Waals surface area (Å²) in [5.41, 5.74) is 1.05. The summed E-state index contributed by atoms with van der Waals surface area (Å²) >= 11 is 11.9. The lowest BCUT2D eigenvalue weighted by Crippen LogP contribution is -2.19. The van der Waals surface area contributed by atoms with E-state index in [4.69, 9.17) is 23.2 Å². The zero-order valence-electron chi connectivity index (χ0n) is 7.36. The molecule has 12 heavy (non-hydrogen) atoms. The average Bonchev–Trinajstić information content (AvgIpc) is 1.97. The highest BCUT2D eigenvalue weighted by Crippen LogP contribution is 2.29. The molecule has 0 aromatic heterocycles. The van der Waals surface area contributed by atoms with Crippen LogP contribution in [-0.4, -0.2) is 24.3 Å². The van der Waals surface area contributed by atoms with E-state index in [9.17, 15) is 0 Å². The fourth-order valence-electron chi connectivity index (χ4n) is 1.19. The SMILES string of the molecule is CN(C)c1c([SiH3])ccc(Cl)c1Cl. The second-order valence-corrected chi connectivity index (χ2v) is 4.78. The summed E-state index contributed by atoms with van der Waals surface area (Å²) < 4.78 is 0. The van der Waals surface area contributed by atoms with Crippen LogP contribution in [0.4, 0.5) is 5.69 Å². The van der Waals surface area contributed by atoms with Gasteiger partial charge in [0, 0.05) is 24.3 Å². The van der Waals surface area contributed by atoms with Crippen molar-refractivity contribution in [2.24, 2.45) is 0 Å². The molecule has 1 aromatic carbocycles. The number of halogens is 2. The maximum absolute atomic E-state index is 6.04. The minimum Gasteiger partial charge on any atom is -0.377 e. The summed E-state index contributed by atoms with van der Waals surface area (Å²) in [4.78, 5) is 2.00. The molecule has 0 bridgehead atoms. The van der Waals surface area contributed by atoms with E-state index in [1.54, 1.807) is 0 Å². The van der Waals surface area contributed by atoms with Crippen LogP contribution in [0.5, 0.6) is 0 Å². The monoisotopic (exact) mass is 219 g/mol. The molecule has 0 spiro atoms. The topological polar surface area (TPSA) is 3.24 Å². The van der Waals surface area contributed by atoms with Gasteiger partial charge < -0.3 is 4.90 Å². The van der Waals surface area contributed by atoms with Crippen molar-refractivity contribution in [2.75, 3.05) is 19.0 Å². The molecule has 0 atom stereocenters. The second-order valence-electron chi connectivity index (χ2n) is 2.92. The lowest BCUT2D eigenvalue weighted by Gasteiger charge is -2.17. The number of nitrogens with zero attached hydrogens (tertiary/aromatic N) is 1. The number of hydrogen-bond acceptors (Lipinski definition) is 1. The molecule has 0 aliphatic heterocycles. The Kier molecular flexibility index (Phi) is 3.04. The van der Waals surface area contributed by atoms with Gasteiger partial charge in [-0.25, -0.2) is 0 Å². The molecule has 0 amide bonds. The molecule has 1 aromatic rings. The largest absolute Gasteiger partial charge is 0.377 e. The first-order valence-electron chi connectivity index (χ1n) is 3.66. The van der Waals surface area contributed by atoms with Gasteiger partial charge in [-0.2, -0.15) is 0 Å². The molecule has 1 rings (SSSR count). The zero-order valence-corrected chi connectivity index (χ0v) is 10.9. The molecule has 4 heteroatoms. The van der Waals surface area contributed by atoms with Crippen molar-refractivity contribution in [3.05, 3.63) is 22.2 Å². The highest BCUT2D eigenvalue weighted by atomic mass is 35.5. The quantitative estimate of drug-likeness (QED) is 0.639. The summed E-state index contributed by atoms with van der Waals surface area (Å²) in [5, 5.41) is 2.56. The van der Waals surface area contributed by atoms with Gasteiger partial charge in [0.05, 0.1) is 15.7 Å². The summed E-state index contributed by atoms with van der Waals surface area (Å²) in [6.07, 6.45) is 0. The maximum Gasteiger partial charge on any atom is 0.0823 e. The number of anilines is 1. The van der Waals surface area contributed by atoms with Crippen LogP contribution >= 0.6 is 23.2 Å². The van der Waals surface area contributed by atoms with Crippen LogP contribution in [0.1, 0.15) is 0 Å². The Morgan fingerprint density at radius 3 is 2.25 bits per heavy atom. The number of benzene rings is 1. The first-order chi connectivity index (χ1) is 5.54. The van der Waals surface area contributed by atoms with E-state index in [2.05, 4.69) is 0 Å². The average molecular weight is 220 g/mol. The minimum atomic E-state index is 0.625. The van der Waals surface area contributed by atoms with Crippen molar-refractivity contribution in [3.8, 4) is 0 Å². The fourth-order valence-corrected chi connectivity index (χ4v) is 2.74. The third kappa shape index (κ3) is 1.76. The van der Waals surface area contributed by atoms with Crippen LogP contribution in [0.15, 0.2) is 12.1 Å². The van der Waals surface area contributed by atoms with Crippen LogP contribution in [-0.2, 0) is 0 Å². The Bertz CT molecular complexity index is 299. The van der Waals surface area contributed by atoms with Crippen molar-refractivity contribution in [1.82, 2.24) is 0 Å². The molecule has 1 nitrogen and oxygen atoms in total. The molecule has 0 radical (unpaired) electrons. The molecular weight excluding hydrogens is 209 g/mol. The Morgan fingerprint density at radius 1 is 1.25 bits per heavy atom. The molecule has 0 aliphatic carbocycles. The first kappa shape index (κ1) is 9.90. The summed E-state index contributed by atoms with van der Waals surface area (Å²) in [6, 6.07) is 3.87. The first-order valence-corrected chi connectivity index (χ1v) is 5.41. The van der Waals surface area contributed by atoms with Gasteiger partial charge in [-0.15, -0.1) is 0 Å². The van der Waals surface area contributed by atoms with Crippen LogP contribution in [0.25, 0.3) is 0 Å². The lowest BCUT2D eigenvalue weighted by atomic mass is 10.3. The van der Waals surface area contributed by atoms with Crippen molar-refractivity contribution in [2.45, 2.75) is 0 Å². The van der Waals surface area contributed by atoms with E-state index < -0.39 is 0 Å². The third-order valence-corrected chi connectivity index (χ3v) is 3.32. The van der Waals surface area contributed by atoms with Gasteiger partial charge in [-0.3, -0.25) is 0 Å². The van der Waals surface area contributed by atoms with Crippen molar-refractivity contribution < 1.29 is 0 Å². The van der Waals surface area contributed by atoms with Gasteiger partial charge in [0.2, 0.25) is 0 Å². The molecule has 0 N–H and O–H groups in total. The Balaban J connectivity index is 3.33. The second kappa shape index (κ2) is 3.69. The van der Waals surface area contributed by atoms with Crippen molar-refractivity contribution in [3.63, 3.8) is 0 Å². The lowest BCUT2D eigenvalue weighted by molar-refractivity contribution is 1.14. The van der Waals surface area contributed by atoms with E-state index in [0.29, 0.717) is 10.0 Å². The Morgan fingerprint density at radius 2 is 1.83 bits per heavy atom. The van der Waals surface area contributed by atoms with Crippen LogP contribution < -0.4 is 10.1 Å². The molecule has 0 aliphatic rings. The van der Waals surface area contributed by atoms with Gasteiger partial charge in [-0.1, -0.05) is 29.3 Å². The van der Waals surface area contributed by atoms with Crippen LogP contribution in [0.2, 0.25) is 10.0 Å². The van der Waals surface area contributed by atoms with Crippen LogP contribution in [0.3, 0.4) is 0 Å². The van der Waals surface area contributed by atoms with Crippen LogP contribution in [0, 0.1) is 0 Å². The molecular formula is C8H11Cl2NSi. The van der Waals surface area contributed by atoms with E-state index in [0.717, 1.165) is 15.9 Å². The number of rotatable bonds is 1. The molecule has 66 valence electrons. The van der Waals surface area contributed by atoms with Crippen molar-refractivity contribution >= 4 is 44.3 Å². The Hall–Kier alpha value is -0.183. The summed E-state index contributed by atoms with van der Waals surface area (Å²) in [7, 11) is 4.93. The standard InChI is InChI=1S/C8H11Cl2NSi/c1-11(2)8-6(12)4-3-5(9)7(8)10/h3-4H,1-2,12H3. The van der Waals surface area contributed by atoms with Gasteiger partial charge in [0.25, 0.3) is 0 Å². The van der Waals surface area contributed by atoms with E-state index in [-0.39, 0.29) is 0 Å². The predicted molar refractivity (Wildman–Crippen MR) is 60.4 cm³/mol. The van der Waals surface area contributed by atoms with Gasteiger partial charge in [0.1, 0.15) is 0 Å². The maximum atomic E-state index is 6.04. The smallest absolute Gasteiger partial charge is 0.0823 e. The zero-order chi connectivity index (χ0) is 9.30. The summed E-state index contributed by atoms with van der Waals surface area (Å²) in [5.74, 6) is 0. The molecule has 0 unspecified atom stereocenters. The van der Waals surface area contributed by atoms with Gasteiger partial charge in [0.15, 0.2) is 0 Å². The van der Waals surface area contributed by atoms with E-state index in [1.807, 2.05) is 31.1 Å². The van der Waals surface area contributed by atoms with E-state index >= 15 is 0 Å². The molecule has 0 heterocycles. The van der Waals surface area contributed by atoms with Crippen molar-refractivity contribution in [1.29, 1.82) is 0 Å². The number of hydrogen-bond donors (Lipinski definition) is 0.